The molecule has 1 aliphatic rings. The third-order valence-corrected chi connectivity index (χ3v) is 4.89. The van der Waals surface area contributed by atoms with Crippen molar-refractivity contribution < 1.29 is 13.5 Å². The molecular formula is C21H23ClF2N4O. The van der Waals surface area contributed by atoms with E-state index in [-0.39, 0.29) is 24.2 Å². The van der Waals surface area contributed by atoms with Crippen molar-refractivity contribution in [2.75, 3.05) is 19.6 Å². The number of ether oxygens (including phenoxy) is 1. The zero-order valence-corrected chi connectivity index (χ0v) is 16.8. The normalized spacial score (nSPS) is 17.0. The molecule has 0 bridgehead atoms. The van der Waals surface area contributed by atoms with E-state index in [0.717, 1.165) is 55.8 Å². The Morgan fingerprint density at radius 1 is 1.10 bits per heavy atom. The third-order valence-electron chi connectivity index (χ3n) is 4.89. The number of piperazine rings is 1. The van der Waals surface area contributed by atoms with E-state index in [1.807, 2.05) is 43.7 Å². The van der Waals surface area contributed by atoms with Gasteiger partial charge in [-0.1, -0.05) is 12.1 Å². The predicted molar refractivity (Wildman–Crippen MR) is 109 cm³/mol. The van der Waals surface area contributed by atoms with E-state index in [0.29, 0.717) is 5.75 Å². The zero-order valence-electron chi connectivity index (χ0n) is 16.0. The zero-order chi connectivity index (χ0) is 19.5. The highest BCUT2D eigenvalue weighted by Gasteiger charge is 2.26. The molecule has 0 aliphatic carbocycles. The molecule has 0 amide bonds. The van der Waals surface area contributed by atoms with Crippen LogP contribution in [0.3, 0.4) is 0 Å². The maximum absolute atomic E-state index is 13.3. The Kier molecular flexibility index (Phi) is 6.84. The first kappa shape index (κ1) is 21.2. The standard InChI is InChI=1S/C21H22F2N4O.ClH/c1-26-8-7-25-21(26)20-13-24-6-9-27(20)14-15-2-4-18(5-3-15)28-19-11-16(22)10-17(23)12-19;/h2-5,7-8,10-12,20,24H,6,9,13-14H2,1H3;1H. The van der Waals surface area contributed by atoms with Gasteiger partial charge in [0.15, 0.2) is 0 Å². The Bertz CT molecular complexity index is 928. The molecule has 0 spiro atoms. The van der Waals surface area contributed by atoms with Crippen LogP contribution in [0.25, 0.3) is 0 Å². The Morgan fingerprint density at radius 3 is 2.48 bits per heavy atom. The van der Waals surface area contributed by atoms with Crippen molar-refractivity contribution in [1.29, 1.82) is 0 Å². The molecule has 0 radical (unpaired) electrons. The molecule has 5 nitrogen and oxygen atoms in total. The molecule has 1 aliphatic heterocycles. The minimum absolute atomic E-state index is 0. The van der Waals surface area contributed by atoms with Crippen molar-refractivity contribution in [2.45, 2.75) is 12.6 Å². The second-order valence-corrected chi connectivity index (χ2v) is 6.94. The van der Waals surface area contributed by atoms with Gasteiger partial charge >= 0.3 is 0 Å². The summed E-state index contributed by atoms with van der Waals surface area (Å²) in [5.41, 5.74) is 1.14. The van der Waals surface area contributed by atoms with Crippen molar-refractivity contribution in [2.24, 2.45) is 7.05 Å². The minimum atomic E-state index is -0.661. The maximum Gasteiger partial charge on any atom is 0.133 e. The van der Waals surface area contributed by atoms with Crippen LogP contribution in [0, 0.1) is 11.6 Å². The van der Waals surface area contributed by atoms with Gasteiger partial charge in [-0.2, -0.15) is 0 Å². The summed E-state index contributed by atoms with van der Waals surface area (Å²) in [6.45, 7) is 3.51. The molecule has 154 valence electrons. The molecule has 1 fully saturated rings. The van der Waals surface area contributed by atoms with E-state index in [1.165, 1.54) is 0 Å². The van der Waals surface area contributed by atoms with Gasteiger partial charge in [-0.05, 0) is 17.7 Å². The predicted octanol–water partition coefficient (Wildman–Crippen LogP) is 4.06. The van der Waals surface area contributed by atoms with Crippen LogP contribution in [-0.4, -0.2) is 34.1 Å². The molecule has 1 saturated heterocycles. The Balaban J connectivity index is 0.00000240. The van der Waals surface area contributed by atoms with Crippen LogP contribution in [0.1, 0.15) is 17.4 Å². The van der Waals surface area contributed by atoms with Gasteiger partial charge in [-0.25, -0.2) is 13.8 Å². The lowest BCUT2D eigenvalue weighted by atomic mass is 10.1. The number of nitrogens with zero attached hydrogens (tertiary/aromatic N) is 3. The van der Waals surface area contributed by atoms with Crippen LogP contribution in [0.2, 0.25) is 0 Å². The quantitative estimate of drug-likeness (QED) is 0.676. The Labute approximate surface area is 174 Å². The number of hydrogen-bond acceptors (Lipinski definition) is 4. The fourth-order valence-electron chi connectivity index (χ4n) is 3.51. The largest absolute Gasteiger partial charge is 0.457 e. The average Bonchev–Trinajstić information content (AvgIpc) is 3.09. The summed E-state index contributed by atoms with van der Waals surface area (Å²) in [7, 11) is 2.01. The van der Waals surface area contributed by atoms with Crippen LogP contribution in [0.4, 0.5) is 8.78 Å². The molecule has 2 aromatic carbocycles. The number of nitrogens with one attached hydrogen (secondary N) is 1. The minimum Gasteiger partial charge on any atom is -0.457 e. The van der Waals surface area contributed by atoms with E-state index in [2.05, 4.69) is 19.8 Å². The third kappa shape index (κ3) is 5.12. The summed E-state index contributed by atoms with van der Waals surface area (Å²) in [5.74, 6) is 0.397. The molecule has 8 heteroatoms. The van der Waals surface area contributed by atoms with Gasteiger partial charge in [0, 0.05) is 63.8 Å². The molecule has 1 aromatic heterocycles. The monoisotopic (exact) mass is 420 g/mol. The van der Waals surface area contributed by atoms with Crippen LogP contribution >= 0.6 is 12.4 Å². The summed E-state index contributed by atoms with van der Waals surface area (Å²) in [4.78, 5) is 6.91. The first-order valence-corrected chi connectivity index (χ1v) is 9.23. The molecular weight excluding hydrogens is 398 g/mol. The summed E-state index contributed by atoms with van der Waals surface area (Å²) in [6.07, 6.45) is 3.78. The molecule has 1 unspecified atom stereocenters. The summed E-state index contributed by atoms with van der Waals surface area (Å²) < 4.78 is 34.2. The van der Waals surface area contributed by atoms with Gasteiger partial charge in [0.1, 0.15) is 29.0 Å². The van der Waals surface area contributed by atoms with Gasteiger partial charge in [-0.15, -0.1) is 12.4 Å². The van der Waals surface area contributed by atoms with Gasteiger partial charge in [0.25, 0.3) is 0 Å². The first-order valence-electron chi connectivity index (χ1n) is 9.23. The van der Waals surface area contributed by atoms with E-state index < -0.39 is 11.6 Å². The van der Waals surface area contributed by atoms with Crippen molar-refractivity contribution in [1.82, 2.24) is 19.8 Å². The topological polar surface area (TPSA) is 42.3 Å². The van der Waals surface area contributed by atoms with Gasteiger partial charge in [0.2, 0.25) is 0 Å². The molecule has 29 heavy (non-hydrogen) atoms. The number of imidazole rings is 1. The first-order chi connectivity index (χ1) is 13.6. The Hall–Kier alpha value is -2.48. The van der Waals surface area contributed by atoms with E-state index in [4.69, 9.17) is 4.74 Å². The fourth-order valence-corrected chi connectivity index (χ4v) is 3.51. The summed E-state index contributed by atoms with van der Waals surface area (Å²) >= 11 is 0. The Morgan fingerprint density at radius 2 is 1.83 bits per heavy atom. The van der Waals surface area contributed by atoms with E-state index in [1.54, 1.807) is 0 Å². The van der Waals surface area contributed by atoms with E-state index >= 15 is 0 Å². The average molecular weight is 421 g/mol. The number of rotatable bonds is 5. The number of hydrogen-bond donors (Lipinski definition) is 1. The fraction of sp³-hybridized carbons (Fsp3) is 0.286. The lowest BCUT2D eigenvalue weighted by molar-refractivity contribution is 0.144. The van der Waals surface area contributed by atoms with E-state index in [9.17, 15) is 8.78 Å². The second-order valence-electron chi connectivity index (χ2n) is 6.94. The van der Waals surface area contributed by atoms with Crippen LogP contribution in [0.15, 0.2) is 54.9 Å². The summed E-state index contributed by atoms with van der Waals surface area (Å²) in [5, 5.41) is 3.44. The second kappa shape index (κ2) is 9.35. The maximum atomic E-state index is 13.3. The van der Waals surface area contributed by atoms with Gasteiger partial charge in [0.05, 0.1) is 6.04 Å². The van der Waals surface area contributed by atoms with Crippen molar-refractivity contribution >= 4 is 12.4 Å². The molecule has 1 N–H and O–H groups in total. The molecule has 0 saturated carbocycles. The lowest BCUT2D eigenvalue weighted by Crippen LogP contribution is -2.46. The van der Waals surface area contributed by atoms with Crippen LogP contribution < -0.4 is 10.1 Å². The van der Waals surface area contributed by atoms with Crippen molar-refractivity contribution in [3.05, 3.63) is 77.9 Å². The number of halogens is 3. The SMILES string of the molecule is Cl.Cn1ccnc1C1CNCCN1Cc1ccc(Oc2cc(F)cc(F)c2)cc1. The molecule has 2 heterocycles. The number of aromatic nitrogens is 2. The van der Waals surface area contributed by atoms with Crippen LogP contribution in [-0.2, 0) is 13.6 Å². The van der Waals surface area contributed by atoms with Crippen molar-refractivity contribution in [3.63, 3.8) is 0 Å². The van der Waals surface area contributed by atoms with Gasteiger partial charge < -0.3 is 14.6 Å². The van der Waals surface area contributed by atoms with Crippen LogP contribution in [0.5, 0.6) is 11.5 Å². The highest BCUT2D eigenvalue weighted by atomic mass is 35.5. The van der Waals surface area contributed by atoms with Crippen molar-refractivity contribution in [3.8, 4) is 11.5 Å². The number of benzene rings is 2. The lowest BCUT2D eigenvalue weighted by Gasteiger charge is -2.35. The molecule has 4 rings (SSSR count). The molecule has 3 aromatic rings. The summed E-state index contributed by atoms with van der Waals surface area (Å²) in [6, 6.07) is 10.9. The highest BCUT2D eigenvalue weighted by Crippen LogP contribution is 2.26. The highest BCUT2D eigenvalue weighted by molar-refractivity contribution is 5.85. The smallest absolute Gasteiger partial charge is 0.133 e. The molecule has 1 atom stereocenters. The van der Waals surface area contributed by atoms with Gasteiger partial charge in [-0.3, -0.25) is 4.90 Å². The number of aryl methyl sites for hydroxylation is 1.